The van der Waals surface area contributed by atoms with Gasteiger partial charge in [-0.3, -0.25) is 4.79 Å². The molecule has 0 spiro atoms. The molecule has 5 heteroatoms. The summed E-state index contributed by atoms with van der Waals surface area (Å²) in [5.74, 6) is 0.751. The smallest absolute Gasteiger partial charge is 0.240 e. The van der Waals surface area contributed by atoms with E-state index in [9.17, 15) is 4.79 Å². The average Bonchev–Trinajstić information content (AvgIpc) is 2.91. The molecule has 1 amide bonds. The third-order valence-corrected chi connectivity index (χ3v) is 4.47. The summed E-state index contributed by atoms with van der Waals surface area (Å²) < 4.78 is 10.9. The highest BCUT2D eigenvalue weighted by molar-refractivity contribution is 5.88. The molecular formula is C15H24N2O3. The summed E-state index contributed by atoms with van der Waals surface area (Å²) in [6.45, 7) is 7.10. The molecule has 2 unspecified atom stereocenters. The summed E-state index contributed by atoms with van der Waals surface area (Å²) in [5.41, 5.74) is 5.09. The van der Waals surface area contributed by atoms with E-state index in [2.05, 4.69) is 5.32 Å². The summed E-state index contributed by atoms with van der Waals surface area (Å²) >= 11 is 0. The number of rotatable bonds is 6. The van der Waals surface area contributed by atoms with Crippen molar-refractivity contribution in [3.63, 3.8) is 0 Å². The van der Waals surface area contributed by atoms with Crippen molar-refractivity contribution in [1.82, 2.24) is 5.32 Å². The van der Waals surface area contributed by atoms with E-state index in [1.807, 2.05) is 32.9 Å². The minimum Gasteiger partial charge on any atom is -0.469 e. The normalized spacial score (nSPS) is 27.9. The van der Waals surface area contributed by atoms with Crippen LogP contribution in [0.2, 0.25) is 0 Å². The molecular weight excluding hydrogens is 256 g/mol. The molecule has 3 N–H and O–H groups in total. The van der Waals surface area contributed by atoms with Crippen molar-refractivity contribution >= 4 is 5.91 Å². The molecule has 0 aliphatic heterocycles. The predicted octanol–water partition coefficient (Wildman–Crippen LogP) is 1.47. The van der Waals surface area contributed by atoms with E-state index in [4.69, 9.17) is 14.9 Å². The molecule has 0 aromatic carbocycles. The fourth-order valence-electron chi connectivity index (χ4n) is 2.73. The van der Waals surface area contributed by atoms with Crippen molar-refractivity contribution in [2.45, 2.75) is 45.3 Å². The van der Waals surface area contributed by atoms with Crippen LogP contribution in [0.1, 0.15) is 33.0 Å². The predicted molar refractivity (Wildman–Crippen MR) is 76.2 cm³/mol. The van der Waals surface area contributed by atoms with Gasteiger partial charge in [0.1, 0.15) is 11.3 Å². The van der Waals surface area contributed by atoms with Gasteiger partial charge in [0.25, 0.3) is 0 Å². The Bertz CT molecular complexity index is 456. The zero-order chi connectivity index (χ0) is 14.8. The zero-order valence-electron chi connectivity index (χ0n) is 12.4. The first-order chi connectivity index (χ1) is 9.41. The lowest BCUT2D eigenvalue weighted by atomic mass is 9.54. The van der Waals surface area contributed by atoms with Crippen LogP contribution in [0.25, 0.3) is 0 Å². The first kappa shape index (κ1) is 15.1. The molecule has 1 saturated carbocycles. The number of nitrogens with two attached hydrogens (primary N) is 1. The fourth-order valence-corrected chi connectivity index (χ4v) is 2.73. The molecule has 1 aliphatic carbocycles. The number of amides is 1. The van der Waals surface area contributed by atoms with Crippen molar-refractivity contribution in [1.29, 1.82) is 0 Å². The lowest BCUT2D eigenvalue weighted by Gasteiger charge is -2.57. The molecule has 1 aromatic rings. The Morgan fingerprint density at radius 1 is 1.60 bits per heavy atom. The van der Waals surface area contributed by atoms with Crippen LogP contribution in [0, 0.1) is 5.41 Å². The van der Waals surface area contributed by atoms with Crippen LogP contribution in [0.15, 0.2) is 22.8 Å². The second kappa shape index (κ2) is 5.58. The van der Waals surface area contributed by atoms with Gasteiger partial charge >= 0.3 is 0 Å². The van der Waals surface area contributed by atoms with Crippen molar-refractivity contribution in [2.75, 3.05) is 13.2 Å². The van der Waals surface area contributed by atoms with Crippen LogP contribution in [0.5, 0.6) is 0 Å². The third-order valence-electron chi connectivity index (χ3n) is 4.47. The van der Waals surface area contributed by atoms with Gasteiger partial charge in [-0.15, -0.1) is 0 Å². The summed E-state index contributed by atoms with van der Waals surface area (Å²) in [5, 5.41) is 2.90. The average molecular weight is 280 g/mol. The van der Waals surface area contributed by atoms with Crippen LogP contribution in [0.4, 0.5) is 0 Å². The maximum Gasteiger partial charge on any atom is 0.240 e. The number of carbonyl (C=O) groups is 1. The number of hydrogen-bond donors (Lipinski definition) is 2. The number of ether oxygens (including phenoxy) is 1. The van der Waals surface area contributed by atoms with Gasteiger partial charge < -0.3 is 20.2 Å². The van der Waals surface area contributed by atoms with E-state index < -0.39 is 5.54 Å². The van der Waals surface area contributed by atoms with Gasteiger partial charge in [-0.2, -0.15) is 0 Å². The van der Waals surface area contributed by atoms with Crippen molar-refractivity contribution < 1.29 is 13.9 Å². The Balaban J connectivity index is 1.86. The number of hydrogen-bond acceptors (Lipinski definition) is 4. The summed E-state index contributed by atoms with van der Waals surface area (Å²) in [6, 6.07) is 3.73. The van der Waals surface area contributed by atoms with Crippen molar-refractivity contribution in [3.05, 3.63) is 24.2 Å². The first-order valence-electron chi connectivity index (χ1n) is 7.13. The first-order valence-corrected chi connectivity index (χ1v) is 7.13. The summed E-state index contributed by atoms with van der Waals surface area (Å²) in [4.78, 5) is 12.3. The quantitative estimate of drug-likeness (QED) is 0.827. The molecule has 0 saturated heterocycles. The summed E-state index contributed by atoms with van der Waals surface area (Å²) in [7, 11) is 0. The van der Waals surface area contributed by atoms with Crippen molar-refractivity contribution in [2.24, 2.45) is 11.1 Å². The standard InChI is InChI=1S/C15H24N2O3/c1-4-19-12-10-15(16,14(12,2)3)13(18)17-8-7-11-6-5-9-20-11/h5-6,9,12H,4,7-8,10,16H2,1-3H3,(H,17,18). The van der Waals surface area contributed by atoms with Crippen LogP contribution >= 0.6 is 0 Å². The third kappa shape index (κ3) is 2.47. The molecule has 1 aromatic heterocycles. The van der Waals surface area contributed by atoms with Gasteiger partial charge in [-0.05, 0) is 19.1 Å². The largest absolute Gasteiger partial charge is 0.469 e. The maximum absolute atomic E-state index is 12.3. The van der Waals surface area contributed by atoms with Gasteiger partial charge in [-0.25, -0.2) is 0 Å². The highest BCUT2D eigenvalue weighted by Gasteiger charge is 2.62. The molecule has 2 rings (SSSR count). The number of furan rings is 1. The highest BCUT2D eigenvalue weighted by Crippen LogP contribution is 2.49. The van der Waals surface area contributed by atoms with E-state index in [-0.39, 0.29) is 17.4 Å². The van der Waals surface area contributed by atoms with Gasteiger partial charge in [0, 0.05) is 31.4 Å². The van der Waals surface area contributed by atoms with E-state index in [1.165, 1.54) is 0 Å². The lowest BCUT2D eigenvalue weighted by molar-refractivity contribution is -0.170. The van der Waals surface area contributed by atoms with Gasteiger partial charge in [0.05, 0.1) is 12.4 Å². The molecule has 5 nitrogen and oxygen atoms in total. The second-order valence-electron chi connectivity index (χ2n) is 5.93. The molecule has 1 fully saturated rings. The number of carbonyl (C=O) groups excluding carboxylic acids is 1. The molecule has 20 heavy (non-hydrogen) atoms. The maximum atomic E-state index is 12.3. The number of nitrogens with one attached hydrogen (secondary N) is 1. The minimum absolute atomic E-state index is 0.0494. The fraction of sp³-hybridized carbons (Fsp3) is 0.667. The van der Waals surface area contributed by atoms with Crippen LogP contribution in [-0.4, -0.2) is 30.7 Å². The molecule has 1 aliphatic rings. The Kier molecular flexibility index (Phi) is 4.20. The van der Waals surface area contributed by atoms with E-state index in [1.54, 1.807) is 6.26 Å². The molecule has 0 bridgehead atoms. The van der Waals surface area contributed by atoms with Crippen LogP contribution < -0.4 is 11.1 Å². The topological polar surface area (TPSA) is 77.5 Å². The lowest BCUT2D eigenvalue weighted by Crippen LogP contribution is -2.75. The van der Waals surface area contributed by atoms with Crippen LogP contribution in [0.3, 0.4) is 0 Å². The monoisotopic (exact) mass is 280 g/mol. The minimum atomic E-state index is -0.851. The van der Waals surface area contributed by atoms with Gasteiger partial charge in [0.15, 0.2) is 0 Å². The van der Waals surface area contributed by atoms with E-state index in [0.717, 1.165) is 5.76 Å². The van der Waals surface area contributed by atoms with Gasteiger partial charge in [-0.1, -0.05) is 13.8 Å². The van der Waals surface area contributed by atoms with Crippen LogP contribution in [-0.2, 0) is 16.0 Å². The summed E-state index contributed by atoms with van der Waals surface area (Å²) in [6.07, 6.45) is 2.92. The zero-order valence-corrected chi connectivity index (χ0v) is 12.4. The van der Waals surface area contributed by atoms with E-state index >= 15 is 0 Å². The van der Waals surface area contributed by atoms with Crippen molar-refractivity contribution in [3.8, 4) is 0 Å². The Morgan fingerprint density at radius 2 is 2.35 bits per heavy atom. The van der Waals surface area contributed by atoms with Gasteiger partial charge in [0.2, 0.25) is 5.91 Å². The SMILES string of the molecule is CCOC1CC(N)(C(=O)NCCc2ccco2)C1(C)C. The van der Waals surface area contributed by atoms with E-state index in [0.29, 0.717) is 26.0 Å². The molecule has 2 atom stereocenters. The Labute approximate surface area is 119 Å². The molecule has 1 heterocycles. The Hall–Kier alpha value is -1.33. The molecule has 112 valence electrons. The highest BCUT2D eigenvalue weighted by atomic mass is 16.5. The second-order valence-corrected chi connectivity index (χ2v) is 5.93. The Morgan fingerprint density at radius 3 is 2.90 bits per heavy atom. The molecule has 0 radical (unpaired) electrons.